The number of aryl methyl sites for hydroxylation is 1. The summed E-state index contributed by atoms with van der Waals surface area (Å²) < 4.78 is 19.3. The van der Waals surface area contributed by atoms with E-state index in [0.29, 0.717) is 29.9 Å². The zero-order chi connectivity index (χ0) is 14.4. The minimum Gasteiger partial charge on any atom is -0.492 e. The summed E-state index contributed by atoms with van der Waals surface area (Å²) in [6.07, 6.45) is 6.57. The SMILES string of the molecule is CCNC(COc1ccc(C)c(F)c1)C1CCCCC1. The summed E-state index contributed by atoms with van der Waals surface area (Å²) in [7, 11) is 0. The molecule has 1 aromatic carbocycles. The lowest BCUT2D eigenvalue weighted by atomic mass is 9.84. The van der Waals surface area contributed by atoms with Crippen LogP contribution in [0.1, 0.15) is 44.6 Å². The quantitative estimate of drug-likeness (QED) is 0.847. The molecular weight excluding hydrogens is 253 g/mol. The number of rotatable bonds is 6. The smallest absolute Gasteiger partial charge is 0.129 e. The molecule has 1 saturated carbocycles. The third-order valence-electron chi connectivity index (χ3n) is 4.26. The first-order chi connectivity index (χ1) is 9.70. The van der Waals surface area contributed by atoms with Crippen molar-refractivity contribution in [3.05, 3.63) is 29.6 Å². The van der Waals surface area contributed by atoms with Crippen LogP contribution in [-0.4, -0.2) is 19.2 Å². The van der Waals surface area contributed by atoms with Gasteiger partial charge in [-0.3, -0.25) is 0 Å². The van der Waals surface area contributed by atoms with Crippen LogP contribution in [0.2, 0.25) is 0 Å². The Bertz CT molecular complexity index is 415. The fourth-order valence-corrected chi connectivity index (χ4v) is 3.01. The van der Waals surface area contributed by atoms with Gasteiger partial charge in [-0.15, -0.1) is 0 Å². The fraction of sp³-hybridized carbons (Fsp3) is 0.647. The van der Waals surface area contributed by atoms with Gasteiger partial charge in [0.05, 0.1) is 0 Å². The molecule has 2 rings (SSSR count). The summed E-state index contributed by atoms with van der Waals surface area (Å²) in [4.78, 5) is 0. The Balaban J connectivity index is 1.91. The summed E-state index contributed by atoms with van der Waals surface area (Å²) in [6, 6.07) is 5.49. The summed E-state index contributed by atoms with van der Waals surface area (Å²) in [5.74, 6) is 1.13. The Hall–Kier alpha value is -1.09. The maximum Gasteiger partial charge on any atom is 0.129 e. The van der Waals surface area contributed by atoms with Crippen LogP contribution in [0.5, 0.6) is 5.75 Å². The Kier molecular flexibility index (Phi) is 5.84. The largest absolute Gasteiger partial charge is 0.492 e. The molecule has 0 amide bonds. The highest BCUT2D eigenvalue weighted by molar-refractivity contribution is 5.28. The first-order valence-corrected chi connectivity index (χ1v) is 7.83. The molecule has 1 atom stereocenters. The Morgan fingerprint density at radius 1 is 1.30 bits per heavy atom. The fourth-order valence-electron chi connectivity index (χ4n) is 3.01. The van der Waals surface area contributed by atoms with Gasteiger partial charge in [-0.25, -0.2) is 4.39 Å². The van der Waals surface area contributed by atoms with Gasteiger partial charge in [-0.2, -0.15) is 0 Å². The van der Waals surface area contributed by atoms with E-state index < -0.39 is 0 Å². The molecule has 0 aromatic heterocycles. The second kappa shape index (κ2) is 7.63. The molecule has 112 valence electrons. The lowest BCUT2D eigenvalue weighted by molar-refractivity contribution is 0.187. The second-order valence-corrected chi connectivity index (χ2v) is 5.78. The van der Waals surface area contributed by atoms with E-state index in [1.165, 1.54) is 38.2 Å². The van der Waals surface area contributed by atoms with E-state index in [1.807, 2.05) is 6.07 Å². The molecule has 3 heteroatoms. The van der Waals surface area contributed by atoms with Crippen molar-refractivity contribution in [3.63, 3.8) is 0 Å². The van der Waals surface area contributed by atoms with Crippen LogP contribution >= 0.6 is 0 Å². The van der Waals surface area contributed by atoms with Crippen molar-refractivity contribution in [2.75, 3.05) is 13.2 Å². The van der Waals surface area contributed by atoms with Crippen LogP contribution in [-0.2, 0) is 0 Å². The highest BCUT2D eigenvalue weighted by atomic mass is 19.1. The third-order valence-corrected chi connectivity index (χ3v) is 4.26. The van der Waals surface area contributed by atoms with E-state index in [-0.39, 0.29) is 5.82 Å². The van der Waals surface area contributed by atoms with Gasteiger partial charge in [0.25, 0.3) is 0 Å². The van der Waals surface area contributed by atoms with E-state index >= 15 is 0 Å². The average molecular weight is 279 g/mol. The van der Waals surface area contributed by atoms with Crippen molar-refractivity contribution in [2.45, 2.75) is 52.0 Å². The van der Waals surface area contributed by atoms with Gasteiger partial charge in [0, 0.05) is 12.1 Å². The predicted molar refractivity (Wildman–Crippen MR) is 80.7 cm³/mol. The van der Waals surface area contributed by atoms with E-state index in [2.05, 4.69) is 12.2 Å². The van der Waals surface area contributed by atoms with E-state index in [0.717, 1.165) is 6.54 Å². The molecule has 0 spiro atoms. The topological polar surface area (TPSA) is 21.3 Å². The van der Waals surface area contributed by atoms with Crippen LogP contribution in [0.25, 0.3) is 0 Å². The van der Waals surface area contributed by atoms with Crippen LogP contribution in [0.4, 0.5) is 4.39 Å². The van der Waals surface area contributed by atoms with E-state index in [4.69, 9.17) is 4.74 Å². The standard InChI is InChI=1S/C17H26FNO/c1-3-19-17(14-7-5-4-6-8-14)12-20-15-10-9-13(2)16(18)11-15/h9-11,14,17,19H,3-8,12H2,1-2H3. The molecule has 1 fully saturated rings. The first-order valence-electron chi connectivity index (χ1n) is 7.83. The summed E-state index contributed by atoms with van der Waals surface area (Å²) in [5.41, 5.74) is 0.660. The highest BCUT2D eigenvalue weighted by Crippen LogP contribution is 2.27. The minimum atomic E-state index is -0.194. The molecular formula is C17H26FNO. The van der Waals surface area contributed by atoms with Crippen LogP contribution in [0.15, 0.2) is 18.2 Å². The zero-order valence-corrected chi connectivity index (χ0v) is 12.6. The highest BCUT2D eigenvalue weighted by Gasteiger charge is 2.23. The van der Waals surface area contributed by atoms with Crippen molar-refractivity contribution < 1.29 is 9.13 Å². The Morgan fingerprint density at radius 3 is 2.70 bits per heavy atom. The Labute approximate surface area is 121 Å². The monoisotopic (exact) mass is 279 g/mol. The lowest BCUT2D eigenvalue weighted by Crippen LogP contribution is -2.41. The number of hydrogen-bond donors (Lipinski definition) is 1. The molecule has 1 unspecified atom stereocenters. The van der Waals surface area contributed by atoms with Crippen molar-refractivity contribution in [1.29, 1.82) is 0 Å². The molecule has 2 nitrogen and oxygen atoms in total. The molecule has 1 N–H and O–H groups in total. The summed E-state index contributed by atoms with van der Waals surface area (Å²) in [5, 5.41) is 3.53. The van der Waals surface area contributed by atoms with Crippen molar-refractivity contribution in [1.82, 2.24) is 5.32 Å². The lowest BCUT2D eigenvalue weighted by Gasteiger charge is -2.30. The number of hydrogen-bond acceptors (Lipinski definition) is 2. The number of nitrogens with one attached hydrogen (secondary N) is 1. The van der Waals surface area contributed by atoms with E-state index in [1.54, 1.807) is 13.0 Å². The molecule has 0 heterocycles. The summed E-state index contributed by atoms with van der Waals surface area (Å²) in [6.45, 7) is 5.47. The second-order valence-electron chi connectivity index (χ2n) is 5.78. The van der Waals surface area contributed by atoms with Crippen LogP contribution < -0.4 is 10.1 Å². The number of benzene rings is 1. The van der Waals surface area contributed by atoms with Gasteiger partial charge in [0.1, 0.15) is 18.2 Å². The van der Waals surface area contributed by atoms with Crippen LogP contribution in [0, 0.1) is 18.7 Å². The molecule has 1 aliphatic rings. The van der Waals surface area contributed by atoms with Gasteiger partial charge in [0.15, 0.2) is 0 Å². The van der Waals surface area contributed by atoms with Gasteiger partial charge >= 0.3 is 0 Å². The molecule has 0 bridgehead atoms. The van der Waals surface area contributed by atoms with Crippen molar-refractivity contribution in [3.8, 4) is 5.75 Å². The van der Waals surface area contributed by atoms with Gasteiger partial charge in [-0.05, 0) is 43.9 Å². The predicted octanol–water partition coefficient (Wildman–Crippen LogP) is 4.07. The molecule has 0 aliphatic heterocycles. The van der Waals surface area contributed by atoms with Crippen molar-refractivity contribution >= 4 is 0 Å². The van der Waals surface area contributed by atoms with Crippen molar-refractivity contribution in [2.24, 2.45) is 5.92 Å². The number of likely N-dealkylation sites (N-methyl/N-ethyl adjacent to an activating group) is 1. The van der Waals surface area contributed by atoms with Gasteiger partial charge in [-0.1, -0.05) is 32.3 Å². The van der Waals surface area contributed by atoms with Gasteiger partial charge in [0.2, 0.25) is 0 Å². The van der Waals surface area contributed by atoms with E-state index in [9.17, 15) is 4.39 Å². The number of halogens is 1. The Morgan fingerprint density at radius 2 is 2.05 bits per heavy atom. The molecule has 0 saturated heterocycles. The van der Waals surface area contributed by atoms with Crippen LogP contribution in [0.3, 0.4) is 0 Å². The first kappa shape index (κ1) is 15.3. The average Bonchev–Trinajstić information content (AvgIpc) is 2.48. The molecule has 1 aliphatic carbocycles. The maximum absolute atomic E-state index is 13.5. The number of ether oxygens (including phenoxy) is 1. The molecule has 1 aromatic rings. The maximum atomic E-state index is 13.5. The molecule has 20 heavy (non-hydrogen) atoms. The van der Waals surface area contributed by atoms with Gasteiger partial charge < -0.3 is 10.1 Å². The zero-order valence-electron chi connectivity index (χ0n) is 12.6. The molecule has 0 radical (unpaired) electrons. The normalized spacial score (nSPS) is 17.9. The third kappa shape index (κ3) is 4.20. The summed E-state index contributed by atoms with van der Waals surface area (Å²) >= 11 is 0. The minimum absolute atomic E-state index is 0.194.